The first kappa shape index (κ1) is 18.5. The van der Waals surface area contributed by atoms with Crippen molar-refractivity contribution in [3.8, 4) is 11.4 Å². The fourth-order valence-corrected chi connectivity index (χ4v) is 4.36. The van der Waals surface area contributed by atoms with Gasteiger partial charge >= 0.3 is 5.76 Å². The summed E-state index contributed by atoms with van der Waals surface area (Å²) in [6, 6.07) is 13.8. The summed E-state index contributed by atoms with van der Waals surface area (Å²) < 4.78 is 32.2. The van der Waals surface area contributed by atoms with Gasteiger partial charge in [0.2, 0.25) is 15.2 Å². The predicted molar refractivity (Wildman–Crippen MR) is 105 cm³/mol. The summed E-state index contributed by atoms with van der Waals surface area (Å²) in [5.41, 5.74) is 1.56. The molecule has 0 aliphatic heterocycles. The van der Waals surface area contributed by atoms with E-state index in [1.54, 1.807) is 0 Å². The summed E-state index contributed by atoms with van der Waals surface area (Å²) in [7, 11) is -3.72. The topological polar surface area (TPSA) is 134 Å². The standard InChI is InChI=1S/C17H15N5O4S2/c23-17-19-13-7-6-12(10-14(13)26-17)28(24,25)18-8-9-27-16-20-15(21-22-16)11-4-2-1-3-5-11/h1-7,10,18H,8-9H2,(H,19,23)(H,20,21,22). The van der Waals surface area contributed by atoms with E-state index in [9.17, 15) is 13.2 Å². The van der Waals surface area contributed by atoms with Crippen LogP contribution in [0.5, 0.6) is 0 Å². The highest BCUT2D eigenvalue weighted by Crippen LogP contribution is 2.19. The van der Waals surface area contributed by atoms with Crippen LogP contribution < -0.4 is 10.5 Å². The summed E-state index contributed by atoms with van der Waals surface area (Å²) in [4.78, 5) is 18.1. The smallest absolute Gasteiger partial charge is 0.408 e. The molecular weight excluding hydrogens is 402 g/mol. The molecule has 0 aliphatic rings. The number of benzene rings is 2. The van der Waals surface area contributed by atoms with Crippen LogP contribution in [0.15, 0.2) is 67.8 Å². The maximum Gasteiger partial charge on any atom is 0.417 e. The van der Waals surface area contributed by atoms with E-state index in [1.807, 2.05) is 30.3 Å². The summed E-state index contributed by atoms with van der Waals surface area (Å²) in [6.45, 7) is 0.192. The van der Waals surface area contributed by atoms with Gasteiger partial charge < -0.3 is 4.42 Å². The van der Waals surface area contributed by atoms with Gasteiger partial charge in [-0.15, -0.1) is 5.10 Å². The summed E-state index contributed by atoms with van der Waals surface area (Å²) in [6.07, 6.45) is 0. The summed E-state index contributed by atoms with van der Waals surface area (Å²) in [5.74, 6) is 0.479. The van der Waals surface area contributed by atoms with Crippen molar-refractivity contribution >= 4 is 32.9 Å². The lowest BCUT2D eigenvalue weighted by Crippen LogP contribution is -2.26. The Bertz CT molecular complexity index is 1260. The number of fused-ring (bicyclic) bond motifs is 1. The van der Waals surface area contributed by atoms with Gasteiger partial charge in [0.05, 0.1) is 10.4 Å². The van der Waals surface area contributed by atoms with Crippen molar-refractivity contribution in [2.45, 2.75) is 10.1 Å². The minimum atomic E-state index is -3.72. The van der Waals surface area contributed by atoms with Crippen LogP contribution in [0.2, 0.25) is 0 Å². The quantitative estimate of drug-likeness (QED) is 0.309. The molecule has 0 unspecified atom stereocenters. The number of oxazole rings is 1. The van der Waals surface area contributed by atoms with Crippen LogP contribution in [-0.4, -0.2) is 40.9 Å². The van der Waals surface area contributed by atoms with E-state index in [0.29, 0.717) is 22.3 Å². The van der Waals surface area contributed by atoms with Crippen LogP contribution in [-0.2, 0) is 10.0 Å². The Balaban J connectivity index is 1.35. The van der Waals surface area contributed by atoms with Gasteiger partial charge in [-0.3, -0.25) is 10.1 Å². The average Bonchev–Trinajstić information content (AvgIpc) is 3.31. The van der Waals surface area contributed by atoms with Gasteiger partial charge in [-0.2, -0.15) is 0 Å². The number of aromatic nitrogens is 4. The molecule has 4 aromatic rings. The first-order valence-corrected chi connectivity index (χ1v) is 10.7. The van der Waals surface area contributed by atoms with E-state index in [-0.39, 0.29) is 17.0 Å². The molecular formula is C17H15N5O4S2. The van der Waals surface area contributed by atoms with Gasteiger partial charge in [-0.05, 0) is 12.1 Å². The minimum Gasteiger partial charge on any atom is -0.408 e. The first-order valence-electron chi connectivity index (χ1n) is 8.24. The number of thioether (sulfide) groups is 1. The van der Waals surface area contributed by atoms with Gasteiger partial charge in [0, 0.05) is 23.9 Å². The van der Waals surface area contributed by atoms with E-state index >= 15 is 0 Å². The maximum absolute atomic E-state index is 12.4. The van der Waals surface area contributed by atoms with Crippen LogP contribution in [0.4, 0.5) is 0 Å². The number of rotatable bonds is 7. The van der Waals surface area contributed by atoms with Gasteiger partial charge in [-0.1, -0.05) is 42.1 Å². The molecule has 9 nitrogen and oxygen atoms in total. The Kier molecular flexibility index (Phi) is 5.03. The third kappa shape index (κ3) is 4.01. The monoisotopic (exact) mass is 417 g/mol. The largest absolute Gasteiger partial charge is 0.417 e. The lowest BCUT2D eigenvalue weighted by atomic mass is 10.2. The van der Waals surface area contributed by atoms with Crippen LogP contribution in [0.25, 0.3) is 22.5 Å². The molecule has 11 heteroatoms. The number of nitrogens with zero attached hydrogens (tertiary/aromatic N) is 2. The number of aromatic amines is 2. The van der Waals surface area contributed by atoms with Gasteiger partial charge in [0.25, 0.3) is 0 Å². The molecule has 0 saturated heterocycles. The van der Waals surface area contributed by atoms with Crippen molar-refractivity contribution < 1.29 is 12.8 Å². The van der Waals surface area contributed by atoms with Crippen molar-refractivity contribution in [1.82, 2.24) is 24.9 Å². The molecule has 28 heavy (non-hydrogen) atoms. The highest BCUT2D eigenvalue weighted by molar-refractivity contribution is 7.99. The van der Waals surface area contributed by atoms with Crippen molar-refractivity contribution in [1.29, 1.82) is 0 Å². The molecule has 2 heterocycles. The molecule has 0 fully saturated rings. The Hall–Kier alpha value is -2.89. The van der Waals surface area contributed by atoms with E-state index in [2.05, 4.69) is 24.9 Å². The lowest BCUT2D eigenvalue weighted by Gasteiger charge is -2.05. The Morgan fingerprint density at radius 2 is 1.96 bits per heavy atom. The zero-order chi connectivity index (χ0) is 19.6. The van der Waals surface area contributed by atoms with Crippen LogP contribution in [0.1, 0.15) is 0 Å². The second kappa shape index (κ2) is 7.62. The van der Waals surface area contributed by atoms with Crippen molar-refractivity contribution in [3.05, 3.63) is 59.1 Å². The van der Waals surface area contributed by atoms with Gasteiger partial charge in [0.1, 0.15) is 0 Å². The molecule has 3 N–H and O–H groups in total. The summed E-state index contributed by atoms with van der Waals surface area (Å²) in [5, 5.41) is 7.53. The molecule has 0 saturated carbocycles. The lowest BCUT2D eigenvalue weighted by molar-refractivity contribution is 0.553. The van der Waals surface area contributed by atoms with E-state index in [4.69, 9.17) is 4.42 Å². The molecule has 0 aliphatic carbocycles. The third-order valence-electron chi connectivity index (χ3n) is 3.84. The van der Waals surface area contributed by atoms with E-state index in [1.165, 1.54) is 30.0 Å². The average molecular weight is 417 g/mol. The zero-order valence-electron chi connectivity index (χ0n) is 14.4. The predicted octanol–water partition coefficient (Wildman–Crippen LogP) is 1.98. The fourth-order valence-electron chi connectivity index (χ4n) is 2.53. The van der Waals surface area contributed by atoms with E-state index in [0.717, 1.165) is 5.56 Å². The Morgan fingerprint density at radius 3 is 2.79 bits per heavy atom. The minimum absolute atomic E-state index is 0.0250. The molecule has 0 amide bonds. The third-order valence-corrected chi connectivity index (χ3v) is 6.15. The molecule has 2 aromatic carbocycles. The molecule has 2 aromatic heterocycles. The molecule has 144 valence electrons. The number of nitrogens with one attached hydrogen (secondary N) is 3. The molecule has 0 atom stereocenters. The summed E-state index contributed by atoms with van der Waals surface area (Å²) >= 11 is 1.33. The zero-order valence-corrected chi connectivity index (χ0v) is 16.0. The van der Waals surface area contributed by atoms with Crippen LogP contribution in [0, 0.1) is 0 Å². The van der Waals surface area contributed by atoms with Gasteiger partial charge in [-0.25, -0.2) is 22.9 Å². The van der Waals surface area contributed by atoms with Crippen LogP contribution >= 0.6 is 11.8 Å². The van der Waals surface area contributed by atoms with Crippen molar-refractivity contribution in [2.75, 3.05) is 12.3 Å². The Morgan fingerprint density at radius 1 is 1.14 bits per heavy atom. The number of H-pyrrole nitrogens is 2. The maximum atomic E-state index is 12.4. The molecule has 4 rings (SSSR count). The second-order valence-electron chi connectivity index (χ2n) is 5.75. The number of sulfonamides is 1. The van der Waals surface area contributed by atoms with Crippen molar-refractivity contribution in [2.24, 2.45) is 0 Å². The van der Waals surface area contributed by atoms with Crippen molar-refractivity contribution in [3.63, 3.8) is 0 Å². The van der Waals surface area contributed by atoms with Crippen LogP contribution in [0.3, 0.4) is 0 Å². The fraction of sp³-hybridized carbons (Fsp3) is 0.118. The number of hydrogen-bond donors (Lipinski definition) is 3. The highest BCUT2D eigenvalue weighted by atomic mass is 32.2. The highest BCUT2D eigenvalue weighted by Gasteiger charge is 2.15. The van der Waals surface area contributed by atoms with Gasteiger partial charge in [0.15, 0.2) is 11.4 Å². The molecule has 0 radical (unpaired) electrons. The molecule has 0 spiro atoms. The second-order valence-corrected chi connectivity index (χ2v) is 8.58. The van der Waals surface area contributed by atoms with E-state index < -0.39 is 15.8 Å². The Labute approximate surface area is 163 Å². The first-order chi connectivity index (χ1) is 13.5. The SMILES string of the molecule is O=c1[nH]c2ccc(S(=O)(=O)NCCSc3n[nH]c(-c4ccccc4)n3)cc2o1. The molecule has 0 bridgehead atoms. The number of hydrogen-bond acceptors (Lipinski definition) is 7. The normalized spacial score (nSPS) is 11.9.